The summed E-state index contributed by atoms with van der Waals surface area (Å²) in [6, 6.07) is 26.7. The molecule has 7 aromatic rings. The molecule has 0 N–H and O–H groups in total. The van der Waals surface area contributed by atoms with Gasteiger partial charge in [-0.15, -0.1) is 0 Å². The number of hydrogen-bond donors (Lipinski definition) is 0. The second-order valence-corrected chi connectivity index (χ2v) is 9.61. The summed E-state index contributed by atoms with van der Waals surface area (Å²) in [5, 5.41) is 10.1. The molecular weight excluding hydrogens is 498 g/mol. The van der Waals surface area contributed by atoms with Crippen molar-refractivity contribution in [3.63, 3.8) is 0 Å². The molecule has 0 fully saturated rings. The molecule has 7 aromatic carbocycles. The van der Waals surface area contributed by atoms with Crippen molar-refractivity contribution < 1.29 is 26.3 Å². The van der Waals surface area contributed by atoms with Crippen molar-refractivity contribution in [2.45, 2.75) is 12.4 Å². The maximum Gasteiger partial charge on any atom is 0.416 e. The predicted molar refractivity (Wildman–Crippen MR) is 141 cm³/mol. The molecule has 0 atom stereocenters. The number of fused-ring (bicyclic) bond motifs is 10. The summed E-state index contributed by atoms with van der Waals surface area (Å²) in [6.45, 7) is 0. The van der Waals surface area contributed by atoms with Gasteiger partial charge in [0.15, 0.2) is 0 Å². The fraction of sp³-hybridized carbons (Fsp3) is 0.0625. The molecule has 0 aromatic heterocycles. The highest BCUT2D eigenvalue weighted by molar-refractivity contribution is 6.23. The number of hydrogen-bond acceptors (Lipinski definition) is 0. The molecule has 0 aliphatic carbocycles. The molecule has 0 heterocycles. The minimum atomic E-state index is -4.40. The zero-order chi connectivity index (χ0) is 26.4. The molecule has 0 spiro atoms. The number of benzene rings is 7. The third-order valence-corrected chi connectivity index (χ3v) is 7.44. The first kappa shape index (κ1) is 22.8. The molecule has 0 bridgehead atoms. The second kappa shape index (κ2) is 7.60. The topological polar surface area (TPSA) is 0 Å². The smallest absolute Gasteiger partial charge is 0.166 e. The highest BCUT2D eigenvalue weighted by Gasteiger charge is 2.31. The van der Waals surface area contributed by atoms with Gasteiger partial charge in [-0.1, -0.05) is 60.7 Å². The van der Waals surface area contributed by atoms with E-state index in [0.29, 0.717) is 10.8 Å². The van der Waals surface area contributed by atoms with Crippen molar-refractivity contribution >= 4 is 64.6 Å². The maximum absolute atomic E-state index is 13.2. The number of halogens is 6. The molecule has 0 saturated heterocycles. The lowest BCUT2D eigenvalue weighted by Gasteiger charge is -2.13. The van der Waals surface area contributed by atoms with Crippen LogP contribution < -0.4 is 0 Å². The van der Waals surface area contributed by atoms with E-state index in [2.05, 4.69) is 12.1 Å². The van der Waals surface area contributed by atoms with Gasteiger partial charge in [-0.2, -0.15) is 26.3 Å². The van der Waals surface area contributed by atoms with Crippen LogP contribution in [0.1, 0.15) is 11.1 Å². The van der Waals surface area contributed by atoms with Crippen molar-refractivity contribution in [3.8, 4) is 0 Å². The second-order valence-electron chi connectivity index (χ2n) is 9.61. The van der Waals surface area contributed by atoms with E-state index in [4.69, 9.17) is 0 Å². The quantitative estimate of drug-likeness (QED) is 0.107. The molecule has 0 radical (unpaired) electrons. The van der Waals surface area contributed by atoms with Gasteiger partial charge in [0.2, 0.25) is 0 Å². The molecule has 0 aliphatic heterocycles. The Morgan fingerprint density at radius 2 is 0.579 bits per heavy atom. The van der Waals surface area contributed by atoms with Gasteiger partial charge in [-0.3, -0.25) is 0 Å². The molecule has 0 aliphatic rings. The van der Waals surface area contributed by atoms with Crippen LogP contribution >= 0.6 is 0 Å². The third kappa shape index (κ3) is 3.40. The van der Waals surface area contributed by atoms with E-state index in [1.165, 1.54) is 24.3 Å². The van der Waals surface area contributed by atoms with Gasteiger partial charge in [0.25, 0.3) is 0 Å². The van der Waals surface area contributed by atoms with Crippen molar-refractivity contribution in [2.75, 3.05) is 0 Å². The summed E-state index contributed by atoms with van der Waals surface area (Å²) < 4.78 is 79.2. The molecule has 0 amide bonds. The van der Waals surface area contributed by atoms with Gasteiger partial charge in [0.05, 0.1) is 11.1 Å². The van der Waals surface area contributed by atoms with E-state index >= 15 is 0 Å². The van der Waals surface area contributed by atoms with Crippen molar-refractivity contribution in [3.05, 3.63) is 108 Å². The summed E-state index contributed by atoms with van der Waals surface area (Å²) in [5.41, 5.74) is -1.35. The summed E-state index contributed by atoms with van der Waals surface area (Å²) in [7, 11) is 0. The van der Waals surface area contributed by atoms with Gasteiger partial charge in [0, 0.05) is 0 Å². The molecule has 186 valence electrons. The summed E-state index contributed by atoms with van der Waals surface area (Å²) in [6.07, 6.45) is -8.81. The molecule has 38 heavy (non-hydrogen) atoms. The van der Waals surface area contributed by atoms with E-state index in [1.807, 2.05) is 36.4 Å². The first-order valence-corrected chi connectivity index (χ1v) is 11.9. The van der Waals surface area contributed by atoms with Crippen molar-refractivity contribution in [1.29, 1.82) is 0 Å². The van der Waals surface area contributed by atoms with Gasteiger partial charge in [-0.25, -0.2) is 0 Å². The van der Waals surface area contributed by atoms with Crippen molar-refractivity contribution in [2.24, 2.45) is 0 Å². The fourth-order valence-electron chi connectivity index (χ4n) is 5.61. The van der Waals surface area contributed by atoms with E-state index in [1.54, 1.807) is 12.1 Å². The fourth-order valence-corrected chi connectivity index (χ4v) is 5.61. The Labute approximate surface area is 211 Å². The average molecular weight is 514 g/mol. The Kier molecular flexibility index (Phi) is 4.57. The van der Waals surface area contributed by atoms with Crippen LogP contribution in [0.3, 0.4) is 0 Å². The Balaban J connectivity index is 1.46. The van der Waals surface area contributed by atoms with Crippen LogP contribution in [0, 0.1) is 0 Å². The van der Waals surface area contributed by atoms with Crippen LogP contribution in [0.15, 0.2) is 97.1 Å². The zero-order valence-electron chi connectivity index (χ0n) is 19.5. The minimum Gasteiger partial charge on any atom is -0.166 e. The lowest BCUT2D eigenvalue weighted by atomic mass is 9.92. The largest absolute Gasteiger partial charge is 0.416 e. The van der Waals surface area contributed by atoms with Crippen LogP contribution in [0.5, 0.6) is 0 Å². The molecule has 7 rings (SSSR count). The van der Waals surface area contributed by atoms with E-state index in [0.717, 1.165) is 66.0 Å². The minimum absolute atomic E-state index is 0.527. The molecule has 0 unspecified atom stereocenters. The Morgan fingerprint density at radius 1 is 0.289 bits per heavy atom. The highest BCUT2D eigenvalue weighted by Crippen LogP contribution is 2.39. The molecule has 0 saturated carbocycles. The van der Waals surface area contributed by atoms with Gasteiger partial charge in [0.1, 0.15) is 0 Å². The van der Waals surface area contributed by atoms with Gasteiger partial charge >= 0.3 is 12.4 Å². The van der Waals surface area contributed by atoms with Crippen LogP contribution in [-0.2, 0) is 12.4 Å². The van der Waals surface area contributed by atoms with Gasteiger partial charge < -0.3 is 0 Å². The maximum atomic E-state index is 13.2. The molecule has 0 nitrogen and oxygen atoms in total. The van der Waals surface area contributed by atoms with Crippen LogP contribution in [0.25, 0.3) is 64.6 Å². The third-order valence-electron chi connectivity index (χ3n) is 7.44. The summed E-state index contributed by atoms with van der Waals surface area (Å²) in [4.78, 5) is 0. The SMILES string of the molecule is FC(F)(F)c1ccc2c(ccc3c4cc5ccc6c7ccc(C(F)(F)F)cc7ccc6c5cc4ccc23)c1. The molecular formula is C32H16F6. The number of rotatable bonds is 0. The lowest BCUT2D eigenvalue weighted by molar-refractivity contribution is -0.138. The van der Waals surface area contributed by atoms with E-state index in [9.17, 15) is 26.3 Å². The Bertz CT molecular complexity index is 1950. The predicted octanol–water partition coefficient (Wildman–Crippen LogP) is 10.6. The summed E-state index contributed by atoms with van der Waals surface area (Å²) >= 11 is 0. The van der Waals surface area contributed by atoms with Crippen LogP contribution in [-0.4, -0.2) is 0 Å². The summed E-state index contributed by atoms with van der Waals surface area (Å²) in [5.74, 6) is 0. The first-order valence-electron chi connectivity index (χ1n) is 11.9. The van der Waals surface area contributed by atoms with Crippen molar-refractivity contribution in [1.82, 2.24) is 0 Å². The first-order chi connectivity index (χ1) is 18.1. The molecule has 6 heteroatoms. The lowest BCUT2D eigenvalue weighted by Crippen LogP contribution is -2.04. The average Bonchev–Trinajstić information content (AvgIpc) is 2.89. The highest BCUT2D eigenvalue weighted by atomic mass is 19.4. The monoisotopic (exact) mass is 514 g/mol. The van der Waals surface area contributed by atoms with Crippen LogP contribution in [0.2, 0.25) is 0 Å². The van der Waals surface area contributed by atoms with Gasteiger partial charge in [-0.05, 0) is 101 Å². The van der Waals surface area contributed by atoms with E-state index in [-0.39, 0.29) is 0 Å². The zero-order valence-corrected chi connectivity index (χ0v) is 19.5. The Hall–Kier alpha value is -4.32. The Morgan fingerprint density at radius 3 is 0.921 bits per heavy atom. The normalized spacial score (nSPS) is 13.0. The standard InChI is InChI=1S/C32H16F6/c33-31(34,35)21-5-11-23-17(13-21)1-9-27-25(23)7-3-19-16-30-20(15-29(19)27)4-8-26-24-12-6-22(32(36,37)38)14-18(24)2-10-28(26)30/h1-16H. The van der Waals surface area contributed by atoms with E-state index < -0.39 is 23.5 Å². The number of alkyl halides is 6. The van der Waals surface area contributed by atoms with Crippen LogP contribution in [0.4, 0.5) is 26.3 Å².